The molecule has 0 spiro atoms. The van der Waals surface area contributed by atoms with Crippen LogP contribution in [0, 0.1) is 0 Å². The molecule has 0 saturated carbocycles. The Morgan fingerprint density at radius 1 is 0.707 bits per heavy atom. The number of hydrogen-bond acceptors (Lipinski definition) is 6. The van der Waals surface area contributed by atoms with Crippen LogP contribution in [-0.2, 0) is 24.1 Å². The van der Waals surface area contributed by atoms with E-state index in [0.29, 0.717) is 32.5 Å². The van der Waals surface area contributed by atoms with Gasteiger partial charge in [-0.05, 0) is 119 Å². The van der Waals surface area contributed by atoms with Gasteiger partial charge in [0, 0.05) is 67.3 Å². The molecule has 0 aromatic heterocycles. The number of hydrogen-bond donors (Lipinski definition) is 0. The monoisotopic (exact) mass is 803 g/mol. The lowest BCUT2D eigenvalue weighted by Gasteiger charge is -2.28. The minimum Gasteiger partial charge on any atom is -0.494 e. The summed E-state index contributed by atoms with van der Waals surface area (Å²) >= 11 is 0. The zero-order valence-electron chi connectivity index (χ0n) is 36.7. The van der Waals surface area contributed by atoms with E-state index in [0.717, 1.165) is 62.5 Å². The topological polar surface area (TPSA) is 52.4 Å². The van der Waals surface area contributed by atoms with Crippen LogP contribution in [0.5, 0.6) is 11.5 Å². The van der Waals surface area contributed by atoms with Crippen molar-refractivity contribution in [1.82, 2.24) is 0 Å². The summed E-state index contributed by atoms with van der Waals surface area (Å²) in [7, 11) is -2.80. The smallest absolute Gasteiger partial charge is 0.494 e. The molecule has 310 valence electrons. The van der Waals surface area contributed by atoms with Gasteiger partial charge in [-0.1, -0.05) is 70.2 Å². The molecule has 58 heavy (non-hydrogen) atoms. The number of benzene rings is 3. The highest BCUT2D eigenvalue weighted by Gasteiger charge is 2.44. The van der Waals surface area contributed by atoms with Gasteiger partial charge < -0.3 is 27.7 Å². The molecule has 0 amide bonds. The molecule has 2 heterocycles. The fraction of sp³-hybridized carbons (Fsp3) is 0.460. The Hall–Kier alpha value is -4.21. The fourth-order valence-corrected chi connectivity index (χ4v) is 11.3. The highest BCUT2D eigenvalue weighted by Crippen LogP contribution is 2.48. The van der Waals surface area contributed by atoms with Crippen molar-refractivity contribution >= 4 is 25.9 Å². The second-order valence-electron chi connectivity index (χ2n) is 16.4. The molecule has 0 radical (unpaired) electrons. The molecule has 3 aromatic rings. The Kier molecular flexibility index (Phi) is 14.4. The fourth-order valence-electron chi connectivity index (χ4n) is 8.94. The van der Waals surface area contributed by atoms with Gasteiger partial charge in [0.1, 0.15) is 23.8 Å². The van der Waals surface area contributed by atoms with Crippen LogP contribution in [0.1, 0.15) is 106 Å². The first-order chi connectivity index (χ1) is 28.0. The standard InChI is InChI=1S/C50H67N2O5Si/c1-10-34-51-44-24-17-15-22-42(44)49(6,7)46(51)32-26-38-20-19-21-39(27-33-47-50(8,9)43-23-16-18-25-45(43)52(47)35-11-2)48(38)57-41-30-28-40(29-31-41)53-36-37-58(54-12-3,55-13-4)56-14-5/h15-18,22-33H,10-14,19-21,34-37H2,1-9H3/q+1. The van der Waals surface area contributed by atoms with Crippen LogP contribution in [0.25, 0.3) is 0 Å². The molecule has 0 N–H and O–H groups in total. The highest BCUT2D eigenvalue weighted by atomic mass is 28.4. The Balaban J connectivity index is 1.34. The summed E-state index contributed by atoms with van der Waals surface area (Å²) in [5.74, 6) is 2.50. The van der Waals surface area contributed by atoms with Gasteiger partial charge in [-0.15, -0.1) is 0 Å². The number of allylic oxidation sites excluding steroid dienone is 7. The highest BCUT2D eigenvalue weighted by molar-refractivity contribution is 6.60. The molecule has 0 fully saturated rings. The van der Waals surface area contributed by atoms with Crippen LogP contribution in [0.15, 0.2) is 120 Å². The van der Waals surface area contributed by atoms with Crippen LogP contribution in [0.2, 0.25) is 6.04 Å². The zero-order chi connectivity index (χ0) is 41.3. The lowest BCUT2D eigenvalue weighted by atomic mass is 9.81. The van der Waals surface area contributed by atoms with Crippen molar-refractivity contribution in [1.29, 1.82) is 0 Å². The first-order valence-corrected chi connectivity index (χ1v) is 23.7. The van der Waals surface area contributed by atoms with Gasteiger partial charge in [-0.25, -0.2) is 0 Å². The van der Waals surface area contributed by atoms with Crippen LogP contribution in [0.4, 0.5) is 11.4 Å². The molecule has 7 nitrogen and oxygen atoms in total. The van der Waals surface area contributed by atoms with E-state index >= 15 is 0 Å². The third-order valence-electron chi connectivity index (χ3n) is 11.7. The first kappa shape index (κ1) is 43.4. The summed E-state index contributed by atoms with van der Waals surface area (Å²) < 4.78 is 33.8. The van der Waals surface area contributed by atoms with E-state index in [-0.39, 0.29) is 10.8 Å². The SMILES string of the molecule is CCCN1C(=CC=C2CCCC(C=CC3=[N+](CCC)c4ccccc4C3(C)C)=C2Oc2ccc(OCC[Si](OCC)(OCC)OCC)cc2)C(C)(C)c2ccccc21. The molecule has 3 aliphatic rings. The van der Waals surface area contributed by atoms with Crippen LogP contribution in [0.3, 0.4) is 0 Å². The third kappa shape index (κ3) is 9.16. The minimum atomic E-state index is -2.80. The molecular formula is C50H67N2O5Si+. The van der Waals surface area contributed by atoms with Crippen molar-refractivity contribution in [3.8, 4) is 11.5 Å². The van der Waals surface area contributed by atoms with Gasteiger partial charge in [0.2, 0.25) is 5.69 Å². The van der Waals surface area contributed by atoms with Crippen molar-refractivity contribution in [3.05, 3.63) is 131 Å². The number of ether oxygens (including phenoxy) is 2. The predicted molar refractivity (Wildman–Crippen MR) is 241 cm³/mol. The number of rotatable bonds is 19. The third-order valence-corrected chi connectivity index (χ3v) is 14.7. The number of para-hydroxylation sites is 2. The lowest BCUT2D eigenvalue weighted by molar-refractivity contribution is -0.437. The maximum absolute atomic E-state index is 6.98. The van der Waals surface area contributed by atoms with Gasteiger partial charge >= 0.3 is 8.80 Å². The maximum Gasteiger partial charge on any atom is 0.504 e. The van der Waals surface area contributed by atoms with Gasteiger partial charge in [-0.2, -0.15) is 4.58 Å². The number of nitrogens with zero attached hydrogens (tertiary/aromatic N) is 2. The Bertz CT molecular complexity index is 2020. The summed E-state index contributed by atoms with van der Waals surface area (Å²) in [6.45, 7) is 23.9. The Morgan fingerprint density at radius 3 is 2.03 bits per heavy atom. The number of fused-ring (bicyclic) bond motifs is 2. The van der Waals surface area contributed by atoms with E-state index in [2.05, 4.69) is 124 Å². The van der Waals surface area contributed by atoms with E-state index in [9.17, 15) is 0 Å². The summed E-state index contributed by atoms with van der Waals surface area (Å²) in [6.07, 6.45) is 14.5. The molecule has 0 unspecified atom stereocenters. The first-order valence-electron chi connectivity index (χ1n) is 21.8. The van der Waals surface area contributed by atoms with Gasteiger partial charge in [0.05, 0.1) is 18.1 Å². The van der Waals surface area contributed by atoms with E-state index in [1.807, 2.05) is 45.0 Å². The number of anilines is 1. The summed E-state index contributed by atoms with van der Waals surface area (Å²) in [5, 5.41) is 0. The van der Waals surface area contributed by atoms with E-state index in [1.165, 1.54) is 45.1 Å². The van der Waals surface area contributed by atoms with Crippen molar-refractivity contribution in [2.45, 2.75) is 111 Å². The van der Waals surface area contributed by atoms with Crippen molar-refractivity contribution in [3.63, 3.8) is 0 Å². The molecule has 0 saturated heterocycles. The molecule has 2 aliphatic heterocycles. The largest absolute Gasteiger partial charge is 0.504 e. The molecular weight excluding hydrogens is 737 g/mol. The molecule has 3 aromatic carbocycles. The van der Waals surface area contributed by atoms with Crippen molar-refractivity contribution < 1.29 is 27.3 Å². The summed E-state index contributed by atoms with van der Waals surface area (Å²) in [6, 6.07) is 26.3. The van der Waals surface area contributed by atoms with Crippen LogP contribution >= 0.6 is 0 Å². The molecule has 6 rings (SSSR count). The average molecular weight is 804 g/mol. The van der Waals surface area contributed by atoms with Crippen molar-refractivity contribution in [2.75, 3.05) is 44.4 Å². The Labute approximate surface area is 350 Å². The second-order valence-corrected chi connectivity index (χ2v) is 19.1. The normalized spacial score (nSPS) is 18.8. The van der Waals surface area contributed by atoms with Crippen LogP contribution < -0.4 is 14.4 Å². The van der Waals surface area contributed by atoms with Crippen molar-refractivity contribution in [2.24, 2.45) is 0 Å². The van der Waals surface area contributed by atoms with E-state index < -0.39 is 8.80 Å². The van der Waals surface area contributed by atoms with E-state index in [1.54, 1.807) is 0 Å². The summed E-state index contributed by atoms with van der Waals surface area (Å²) in [5.41, 5.74) is 10.3. The van der Waals surface area contributed by atoms with Gasteiger partial charge in [-0.3, -0.25) is 0 Å². The minimum absolute atomic E-state index is 0.112. The van der Waals surface area contributed by atoms with E-state index in [4.69, 9.17) is 22.8 Å². The van der Waals surface area contributed by atoms with Crippen LogP contribution in [-0.4, -0.2) is 58.6 Å². The Morgan fingerprint density at radius 2 is 1.36 bits per heavy atom. The lowest BCUT2D eigenvalue weighted by Crippen LogP contribution is -2.47. The molecule has 1 aliphatic carbocycles. The quantitative estimate of drug-likeness (QED) is 0.0889. The molecule has 0 bridgehead atoms. The second kappa shape index (κ2) is 19.2. The van der Waals surface area contributed by atoms with Gasteiger partial charge in [0.25, 0.3) is 0 Å². The predicted octanol–water partition coefficient (Wildman–Crippen LogP) is 12.0. The average Bonchev–Trinajstić information content (AvgIpc) is 3.56. The molecule has 0 atom stereocenters. The summed E-state index contributed by atoms with van der Waals surface area (Å²) in [4.78, 5) is 2.52. The maximum atomic E-state index is 6.98. The molecule has 8 heteroatoms. The van der Waals surface area contributed by atoms with Gasteiger partial charge in [0.15, 0.2) is 5.71 Å². The zero-order valence-corrected chi connectivity index (χ0v) is 37.7.